The number of rotatable bonds is 2. The monoisotopic (exact) mass is 245 g/mol. The van der Waals surface area contributed by atoms with Crippen LogP contribution in [0.2, 0.25) is 0 Å². The number of morpholine rings is 1. The fraction of sp³-hybridized carbons (Fsp3) is 0.571. The summed E-state index contributed by atoms with van der Waals surface area (Å²) in [6.45, 7) is 9.00. The zero-order valence-corrected chi connectivity index (χ0v) is 11.2. The maximum absolute atomic E-state index is 8.85. The molecule has 1 unspecified atom stereocenters. The lowest BCUT2D eigenvalue weighted by Crippen LogP contribution is -2.51. The van der Waals surface area contributed by atoms with Crippen LogP contribution in [0.25, 0.3) is 0 Å². The molecule has 4 heteroatoms. The van der Waals surface area contributed by atoms with Gasteiger partial charge in [-0.15, -0.1) is 0 Å². The maximum atomic E-state index is 8.85. The molecule has 1 saturated heterocycles. The van der Waals surface area contributed by atoms with Crippen molar-refractivity contribution < 1.29 is 4.74 Å². The van der Waals surface area contributed by atoms with Crippen LogP contribution in [0.15, 0.2) is 18.3 Å². The maximum Gasteiger partial charge on any atom is 0.140 e. The molecule has 0 saturated carbocycles. The second-order valence-corrected chi connectivity index (χ2v) is 5.52. The van der Waals surface area contributed by atoms with Crippen LogP contribution < -0.4 is 0 Å². The molecular weight excluding hydrogens is 226 g/mol. The fourth-order valence-electron chi connectivity index (χ4n) is 2.60. The molecule has 0 radical (unpaired) electrons. The molecule has 4 nitrogen and oxygen atoms in total. The highest BCUT2D eigenvalue weighted by Gasteiger charge is 2.31. The van der Waals surface area contributed by atoms with E-state index in [1.165, 1.54) is 0 Å². The minimum atomic E-state index is -0.108. The number of aromatic nitrogens is 1. The Labute approximate surface area is 108 Å². The SMILES string of the molecule is CC1CN(Cc2ccnc(C#N)c2)CC(C)(C)O1. The molecule has 1 aliphatic heterocycles. The standard InChI is InChI=1S/C14H19N3O/c1-11-8-17(10-14(2,3)18-11)9-12-4-5-16-13(6-12)7-15/h4-6,11H,8-10H2,1-3H3. The zero-order valence-electron chi connectivity index (χ0n) is 11.2. The summed E-state index contributed by atoms with van der Waals surface area (Å²) < 4.78 is 5.88. The summed E-state index contributed by atoms with van der Waals surface area (Å²) in [5.41, 5.74) is 1.50. The summed E-state index contributed by atoms with van der Waals surface area (Å²) in [7, 11) is 0. The number of ether oxygens (including phenoxy) is 1. The average Bonchev–Trinajstić information content (AvgIpc) is 2.26. The van der Waals surface area contributed by atoms with Crippen molar-refractivity contribution in [3.8, 4) is 6.07 Å². The van der Waals surface area contributed by atoms with Crippen molar-refractivity contribution in [1.29, 1.82) is 5.26 Å². The minimum Gasteiger partial charge on any atom is -0.370 e. The predicted octanol–water partition coefficient (Wildman–Crippen LogP) is 1.95. The molecule has 96 valence electrons. The Morgan fingerprint density at radius 1 is 1.61 bits per heavy atom. The Balaban J connectivity index is 2.07. The second kappa shape index (κ2) is 5.05. The molecule has 18 heavy (non-hydrogen) atoms. The molecule has 0 aliphatic carbocycles. The van der Waals surface area contributed by atoms with Gasteiger partial charge < -0.3 is 4.74 Å². The average molecular weight is 245 g/mol. The molecule has 1 fully saturated rings. The van der Waals surface area contributed by atoms with Crippen LogP contribution in [0.5, 0.6) is 0 Å². The number of pyridine rings is 1. The van der Waals surface area contributed by atoms with Crippen molar-refractivity contribution in [3.05, 3.63) is 29.6 Å². The number of nitrogens with zero attached hydrogens (tertiary/aromatic N) is 3. The Morgan fingerprint density at radius 2 is 2.39 bits per heavy atom. The van der Waals surface area contributed by atoms with Crippen molar-refractivity contribution in [2.45, 2.75) is 39.0 Å². The van der Waals surface area contributed by atoms with Gasteiger partial charge >= 0.3 is 0 Å². The number of nitriles is 1. The van der Waals surface area contributed by atoms with E-state index < -0.39 is 0 Å². The van der Waals surface area contributed by atoms with Crippen LogP contribution in [0, 0.1) is 11.3 Å². The molecule has 0 amide bonds. The van der Waals surface area contributed by atoms with Crippen molar-refractivity contribution >= 4 is 0 Å². The number of hydrogen-bond acceptors (Lipinski definition) is 4. The van der Waals surface area contributed by atoms with E-state index in [1.807, 2.05) is 12.1 Å². The molecule has 2 heterocycles. The Hall–Kier alpha value is -1.44. The third-order valence-electron chi connectivity index (χ3n) is 2.98. The quantitative estimate of drug-likeness (QED) is 0.799. The molecule has 0 spiro atoms. The molecule has 1 aliphatic rings. The summed E-state index contributed by atoms with van der Waals surface area (Å²) in [4.78, 5) is 6.36. The van der Waals surface area contributed by atoms with Crippen LogP contribution in [-0.2, 0) is 11.3 Å². The van der Waals surface area contributed by atoms with E-state index in [1.54, 1.807) is 6.20 Å². The van der Waals surface area contributed by atoms with E-state index in [0.717, 1.165) is 25.2 Å². The highest BCUT2D eigenvalue weighted by atomic mass is 16.5. The van der Waals surface area contributed by atoms with Gasteiger partial charge in [-0.25, -0.2) is 4.98 Å². The number of hydrogen-bond donors (Lipinski definition) is 0. The molecule has 0 N–H and O–H groups in total. The van der Waals surface area contributed by atoms with Gasteiger partial charge in [0, 0.05) is 25.8 Å². The predicted molar refractivity (Wildman–Crippen MR) is 68.9 cm³/mol. The van der Waals surface area contributed by atoms with Gasteiger partial charge in [0.1, 0.15) is 11.8 Å². The first-order chi connectivity index (χ1) is 8.48. The van der Waals surface area contributed by atoms with Gasteiger partial charge in [-0.05, 0) is 38.5 Å². The van der Waals surface area contributed by atoms with Gasteiger partial charge in [0.2, 0.25) is 0 Å². The van der Waals surface area contributed by atoms with E-state index in [0.29, 0.717) is 5.69 Å². The van der Waals surface area contributed by atoms with Gasteiger partial charge in [-0.3, -0.25) is 4.90 Å². The van der Waals surface area contributed by atoms with Crippen molar-refractivity contribution in [1.82, 2.24) is 9.88 Å². The lowest BCUT2D eigenvalue weighted by Gasteiger charge is -2.41. The van der Waals surface area contributed by atoms with E-state index in [2.05, 4.69) is 36.7 Å². The van der Waals surface area contributed by atoms with E-state index >= 15 is 0 Å². The fourth-order valence-corrected chi connectivity index (χ4v) is 2.60. The first-order valence-electron chi connectivity index (χ1n) is 6.24. The third kappa shape index (κ3) is 3.28. The lowest BCUT2D eigenvalue weighted by atomic mass is 10.0. The molecule has 1 aromatic rings. The molecule has 0 aromatic carbocycles. The topological polar surface area (TPSA) is 49.2 Å². The Bertz CT molecular complexity index is 464. The first kappa shape index (κ1) is 13.0. The normalized spacial score (nSPS) is 23.6. The first-order valence-corrected chi connectivity index (χ1v) is 6.24. The van der Waals surface area contributed by atoms with E-state index in [9.17, 15) is 0 Å². The van der Waals surface area contributed by atoms with Gasteiger partial charge in [0.25, 0.3) is 0 Å². The van der Waals surface area contributed by atoms with E-state index in [4.69, 9.17) is 10.00 Å². The third-order valence-corrected chi connectivity index (χ3v) is 2.98. The van der Waals surface area contributed by atoms with Gasteiger partial charge in [-0.1, -0.05) is 0 Å². The van der Waals surface area contributed by atoms with Gasteiger partial charge in [0.05, 0.1) is 11.7 Å². The van der Waals surface area contributed by atoms with Gasteiger partial charge in [0.15, 0.2) is 0 Å². The largest absolute Gasteiger partial charge is 0.370 e. The lowest BCUT2D eigenvalue weighted by molar-refractivity contribution is -0.130. The summed E-state index contributed by atoms with van der Waals surface area (Å²) in [6, 6.07) is 5.90. The second-order valence-electron chi connectivity index (χ2n) is 5.52. The van der Waals surface area contributed by atoms with Crippen LogP contribution in [0.1, 0.15) is 32.0 Å². The molecule has 2 rings (SSSR count). The Morgan fingerprint density at radius 3 is 3.06 bits per heavy atom. The summed E-state index contributed by atoms with van der Waals surface area (Å²) >= 11 is 0. The molecule has 0 bridgehead atoms. The molecule has 1 atom stereocenters. The highest BCUT2D eigenvalue weighted by molar-refractivity contribution is 5.25. The van der Waals surface area contributed by atoms with Crippen LogP contribution in [0.4, 0.5) is 0 Å². The van der Waals surface area contributed by atoms with Crippen LogP contribution in [0.3, 0.4) is 0 Å². The summed E-state index contributed by atoms with van der Waals surface area (Å²) in [5, 5.41) is 8.85. The minimum absolute atomic E-state index is 0.108. The summed E-state index contributed by atoms with van der Waals surface area (Å²) in [5.74, 6) is 0. The highest BCUT2D eigenvalue weighted by Crippen LogP contribution is 2.22. The van der Waals surface area contributed by atoms with Crippen molar-refractivity contribution in [2.75, 3.05) is 13.1 Å². The Kier molecular flexibility index (Phi) is 3.65. The smallest absolute Gasteiger partial charge is 0.140 e. The van der Waals surface area contributed by atoms with E-state index in [-0.39, 0.29) is 11.7 Å². The molecular formula is C14H19N3O. The van der Waals surface area contributed by atoms with Gasteiger partial charge in [-0.2, -0.15) is 5.26 Å². The van der Waals surface area contributed by atoms with Crippen molar-refractivity contribution in [3.63, 3.8) is 0 Å². The molecule has 1 aromatic heterocycles. The zero-order chi connectivity index (χ0) is 13.2. The van der Waals surface area contributed by atoms with Crippen molar-refractivity contribution in [2.24, 2.45) is 0 Å². The van der Waals surface area contributed by atoms with Crippen LogP contribution in [-0.4, -0.2) is 34.7 Å². The summed E-state index contributed by atoms with van der Waals surface area (Å²) in [6.07, 6.45) is 1.94. The van der Waals surface area contributed by atoms with Crippen LogP contribution >= 0.6 is 0 Å².